The maximum Gasteiger partial charge on any atom is 0.331 e. The molecule has 4 rings (SSSR count). The molecule has 2 heterocycles. The fourth-order valence-corrected chi connectivity index (χ4v) is 3.64. The van der Waals surface area contributed by atoms with Gasteiger partial charge < -0.3 is 15.2 Å². The zero-order chi connectivity index (χ0) is 22.3. The van der Waals surface area contributed by atoms with Crippen molar-refractivity contribution in [2.45, 2.75) is 13.0 Å². The Balaban J connectivity index is 1.80. The molecule has 1 aliphatic heterocycles. The number of aromatic nitrogens is 2. The number of carbonyl (C=O) groups is 1. The van der Waals surface area contributed by atoms with Crippen LogP contribution in [0.5, 0.6) is 5.88 Å². The number of nitrogens with one attached hydrogen (secondary N) is 1. The number of rotatable bonds is 4. The molecule has 2 aromatic carbocycles. The minimum absolute atomic E-state index is 0.0480. The fourth-order valence-electron chi connectivity index (χ4n) is 3.49. The van der Waals surface area contributed by atoms with Gasteiger partial charge in [-0.2, -0.15) is 5.26 Å². The highest BCUT2D eigenvalue weighted by Gasteiger charge is 2.28. The molecule has 0 saturated carbocycles. The van der Waals surface area contributed by atoms with Gasteiger partial charge in [-0.25, -0.2) is 14.2 Å². The van der Waals surface area contributed by atoms with E-state index in [1.807, 2.05) is 13.0 Å². The summed E-state index contributed by atoms with van der Waals surface area (Å²) in [4.78, 5) is 31.4. The Labute approximate surface area is 181 Å². The topological polar surface area (TPSA) is 131 Å². The highest BCUT2D eigenvalue weighted by atomic mass is 35.5. The number of halogens is 1. The Morgan fingerprint density at radius 1 is 1.29 bits per heavy atom. The number of H-pyrrole nitrogens is 1. The van der Waals surface area contributed by atoms with Gasteiger partial charge in [0.2, 0.25) is 5.88 Å². The van der Waals surface area contributed by atoms with Crippen LogP contribution >= 0.6 is 11.6 Å². The normalized spacial score (nSPS) is 14.4. The van der Waals surface area contributed by atoms with Crippen molar-refractivity contribution >= 4 is 41.1 Å². The Hall–Kier alpha value is -4.09. The van der Waals surface area contributed by atoms with Gasteiger partial charge in [0.05, 0.1) is 17.3 Å². The molecule has 3 aromatic rings. The molecule has 0 radical (unpaired) electrons. The van der Waals surface area contributed by atoms with Gasteiger partial charge in [0, 0.05) is 22.4 Å². The molecule has 0 saturated heterocycles. The summed E-state index contributed by atoms with van der Waals surface area (Å²) >= 11 is 6.13. The Kier molecular flexibility index (Phi) is 4.97. The third-order valence-corrected chi connectivity index (χ3v) is 5.50. The number of nitriles is 1. The van der Waals surface area contributed by atoms with Gasteiger partial charge in [0.25, 0.3) is 0 Å². The number of aliphatic imine (C=N–C) groups is 1. The molecule has 1 unspecified atom stereocenters. The third-order valence-electron chi connectivity index (χ3n) is 5.09. The lowest BCUT2D eigenvalue weighted by atomic mass is 10.0. The van der Waals surface area contributed by atoms with Crippen LogP contribution in [-0.2, 0) is 4.79 Å². The Morgan fingerprint density at radius 3 is 2.65 bits per heavy atom. The van der Waals surface area contributed by atoms with Crippen LogP contribution in [0.4, 0.5) is 5.69 Å². The van der Waals surface area contributed by atoms with Crippen LogP contribution < -0.4 is 5.69 Å². The summed E-state index contributed by atoms with van der Waals surface area (Å²) in [7, 11) is 0. The molecule has 0 spiro atoms. The number of fused-ring (bicyclic) bond motifs is 1. The Morgan fingerprint density at radius 2 is 2.00 bits per heavy atom. The summed E-state index contributed by atoms with van der Waals surface area (Å²) in [5.74, 6) is -1.86. The molecule has 0 bridgehead atoms. The summed E-state index contributed by atoms with van der Waals surface area (Å²) in [6.07, 6.45) is 3.10. The number of carboxylic acid groups (broad SMARTS) is 1. The second-order valence-electron chi connectivity index (χ2n) is 6.94. The summed E-state index contributed by atoms with van der Waals surface area (Å²) in [5.41, 5.74) is 2.75. The minimum Gasteiger partial charge on any atom is -0.493 e. The van der Waals surface area contributed by atoms with E-state index in [1.54, 1.807) is 18.3 Å². The number of aliphatic carboxylic acids is 1. The fraction of sp³-hybridized carbons (Fsp3) is 0.0909. The van der Waals surface area contributed by atoms with Crippen molar-refractivity contribution in [3.05, 3.63) is 79.9 Å². The van der Waals surface area contributed by atoms with Crippen molar-refractivity contribution in [3.63, 3.8) is 0 Å². The van der Waals surface area contributed by atoms with Crippen molar-refractivity contribution in [1.82, 2.24) is 9.55 Å². The van der Waals surface area contributed by atoms with Gasteiger partial charge >= 0.3 is 11.7 Å². The molecular formula is C22H15ClN4O4. The summed E-state index contributed by atoms with van der Waals surface area (Å²) in [6, 6.07) is 9.74. The van der Waals surface area contributed by atoms with E-state index in [-0.39, 0.29) is 11.3 Å². The second kappa shape index (κ2) is 7.63. The van der Waals surface area contributed by atoms with E-state index in [1.165, 1.54) is 30.3 Å². The maximum atomic E-state index is 12.6. The first-order valence-corrected chi connectivity index (χ1v) is 9.51. The van der Waals surface area contributed by atoms with Gasteiger partial charge in [-0.1, -0.05) is 29.8 Å². The minimum atomic E-state index is -1.48. The first-order chi connectivity index (χ1) is 14.8. The third kappa shape index (κ3) is 3.41. The van der Waals surface area contributed by atoms with Crippen LogP contribution in [0, 0.1) is 18.3 Å². The number of allylic oxidation sites excluding steroid dienone is 1. The van der Waals surface area contributed by atoms with Crippen LogP contribution in [0.1, 0.15) is 34.0 Å². The van der Waals surface area contributed by atoms with Crippen molar-refractivity contribution in [1.29, 1.82) is 5.26 Å². The summed E-state index contributed by atoms with van der Waals surface area (Å²) in [6.45, 7) is 1.84. The lowest BCUT2D eigenvalue weighted by Crippen LogP contribution is -2.28. The van der Waals surface area contributed by atoms with E-state index in [9.17, 15) is 19.8 Å². The largest absolute Gasteiger partial charge is 0.493 e. The molecule has 1 aromatic heterocycles. The highest BCUT2D eigenvalue weighted by molar-refractivity contribution is 6.32. The number of nitrogens with zero attached hydrogens (tertiary/aromatic N) is 3. The van der Waals surface area contributed by atoms with E-state index < -0.39 is 23.6 Å². The molecular weight excluding hydrogens is 420 g/mol. The second-order valence-corrected chi connectivity index (χ2v) is 7.35. The van der Waals surface area contributed by atoms with E-state index in [2.05, 4.69) is 9.98 Å². The van der Waals surface area contributed by atoms with Crippen molar-refractivity contribution in [3.8, 4) is 11.9 Å². The molecule has 154 valence electrons. The van der Waals surface area contributed by atoms with Crippen molar-refractivity contribution in [2.75, 3.05) is 0 Å². The molecule has 0 aliphatic carbocycles. The van der Waals surface area contributed by atoms with Gasteiger partial charge in [-0.15, -0.1) is 0 Å². The maximum absolute atomic E-state index is 12.6. The number of hydrogen-bond acceptors (Lipinski definition) is 5. The highest BCUT2D eigenvalue weighted by Crippen LogP contribution is 2.39. The predicted molar refractivity (Wildman–Crippen MR) is 116 cm³/mol. The smallest absolute Gasteiger partial charge is 0.331 e. The summed E-state index contributed by atoms with van der Waals surface area (Å²) < 4.78 is 0.760. The number of carboxylic acids is 1. The van der Waals surface area contributed by atoms with Crippen molar-refractivity contribution < 1.29 is 15.0 Å². The lowest BCUT2D eigenvalue weighted by Gasteiger charge is -2.14. The number of hydrogen-bond donors (Lipinski definition) is 3. The van der Waals surface area contributed by atoms with Gasteiger partial charge in [0.15, 0.2) is 6.04 Å². The molecule has 1 aliphatic rings. The van der Waals surface area contributed by atoms with Crippen LogP contribution in [0.25, 0.3) is 11.6 Å². The molecule has 0 amide bonds. The molecule has 9 heteroatoms. The van der Waals surface area contributed by atoms with E-state index in [0.29, 0.717) is 21.8 Å². The average molecular weight is 435 g/mol. The number of aromatic hydroxyl groups is 1. The molecule has 0 fully saturated rings. The number of aromatic amines is 1. The molecule has 8 nitrogen and oxygen atoms in total. The number of benzene rings is 2. The first kappa shape index (κ1) is 20.2. The average Bonchev–Trinajstić information content (AvgIpc) is 3.28. The Bertz CT molecular complexity index is 1370. The molecule has 3 N–H and O–H groups in total. The standard InChI is InChI=1S/C22H15ClN4O4/c1-11-16(23)7-6-15-14(10-25-18(11)15)8-17-20(28)27(22(31)26-17)19(21(29)30)13-4-2-12(9-24)3-5-13/h2-8,10,19,28H,1H3,(H,26,31)(H,29,30)/b14-8+. The van der Waals surface area contributed by atoms with E-state index in [4.69, 9.17) is 16.9 Å². The SMILES string of the molecule is Cc1c(Cl)ccc2c1N=C/C2=C\c1[nH]c(=O)n(C(C(=O)O)c2ccc(C#N)cc2)c1O. The zero-order valence-corrected chi connectivity index (χ0v) is 16.9. The van der Waals surface area contributed by atoms with Crippen molar-refractivity contribution in [2.24, 2.45) is 4.99 Å². The van der Waals surface area contributed by atoms with Gasteiger partial charge in [-0.3, -0.25) is 4.99 Å². The molecule has 1 atom stereocenters. The van der Waals surface area contributed by atoms with Crippen LogP contribution in [-0.4, -0.2) is 31.9 Å². The quantitative estimate of drug-likeness (QED) is 0.576. The predicted octanol–water partition coefficient (Wildman–Crippen LogP) is 3.65. The van der Waals surface area contributed by atoms with Gasteiger partial charge in [0.1, 0.15) is 5.69 Å². The molecule has 31 heavy (non-hydrogen) atoms. The van der Waals surface area contributed by atoms with Crippen LogP contribution in [0.3, 0.4) is 0 Å². The van der Waals surface area contributed by atoms with E-state index >= 15 is 0 Å². The monoisotopic (exact) mass is 434 g/mol. The lowest BCUT2D eigenvalue weighted by molar-refractivity contribution is -0.139. The van der Waals surface area contributed by atoms with Gasteiger partial charge in [-0.05, 0) is 42.3 Å². The van der Waals surface area contributed by atoms with E-state index in [0.717, 1.165) is 15.7 Å². The zero-order valence-electron chi connectivity index (χ0n) is 16.1. The summed E-state index contributed by atoms with van der Waals surface area (Å²) in [5, 5.41) is 29.9. The first-order valence-electron chi connectivity index (χ1n) is 9.13. The van der Waals surface area contributed by atoms with Crippen LogP contribution in [0.2, 0.25) is 5.02 Å². The van der Waals surface area contributed by atoms with Crippen LogP contribution in [0.15, 0.2) is 46.2 Å². The number of imidazole rings is 1.